The van der Waals surface area contributed by atoms with E-state index in [2.05, 4.69) is 6.92 Å². The first-order valence-electron chi connectivity index (χ1n) is 8.49. The Hall–Kier alpha value is -1.10. The van der Waals surface area contributed by atoms with Crippen LogP contribution in [0.1, 0.15) is 71.1 Å². The maximum atomic E-state index is 12.1. The number of pyridine rings is 1. The van der Waals surface area contributed by atoms with Gasteiger partial charge in [0.2, 0.25) is 9.84 Å². The molecule has 0 aliphatic heterocycles. The van der Waals surface area contributed by atoms with Crippen molar-refractivity contribution >= 4 is 9.84 Å². The first-order valence-corrected chi connectivity index (χ1v) is 10.1. The second-order valence-corrected chi connectivity index (χ2v) is 7.92. The molecule has 1 aromatic rings. The molecule has 0 amide bonds. The van der Waals surface area contributed by atoms with Gasteiger partial charge in [-0.3, -0.25) is 0 Å². The summed E-state index contributed by atoms with van der Waals surface area (Å²) < 4.78 is 24.6. The molecule has 0 radical (unpaired) electrons. The Morgan fingerprint density at radius 3 is 2.00 bits per heavy atom. The van der Waals surface area contributed by atoms with Crippen LogP contribution in [0.4, 0.5) is 0 Å². The molecule has 0 aromatic carbocycles. The van der Waals surface area contributed by atoms with Crippen LogP contribution < -0.4 is 4.73 Å². The molecule has 0 aliphatic rings. The average Bonchev–Trinajstić information content (AvgIpc) is 2.49. The summed E-state index contributed by atoms with van der Waals surface area (Å²) in [6.07, 6.45) is 12.8. The van der Waals surface area contributed by atoms with Crippen LogP contribution >= 0.6 is 0 Å². The Morgan fingerprint density at radius 2 is 1.45 bits per heavy atom. The third-order valence-electron chi connectivity index (χ3n) is 3.87. The van der Waals surface area contributed by atoms with Gasteiger partial charge >= 0.3 is 5.03 Å². The van der Waals surface area contributed by atoms with Crippen molar-refractivity contribution in [2.75, 3.05) is 5.75 Å². The van der Waals surface area contributed by atoms with Crippen LogP contribution in [0.2, 0.25) is 0 Å². The molecule has 0 saturated carbocycles. The third-order valence-corrected chi connectivity index (χ3v) is 5.65. The zero-order valence-electron chi connectivity index (χ0n) is 13.7. The smallest absolute Gasteiger partial charge is 0.308 e. The molecule has 0 saturated heterocycles. The second-order valence-electron chi connectivity index (χ2n) is 5.87. The minimum absolute atomic E-state index is 0.0652. The zero-order valence-corrected chi connectivity index (χ0v) is 14.5. The van der Waals surface area contributed by atoms with Crippen LogP contribution in [0.3, 0.4) is 0 Å². The van der Waals surface area contributed by atoms with Crippen molar-refractivity contribution in [1.29, 1.82) is 0 Å². The van der Waals surface area contributed by atoms with E-state index in [1.165, 1.54) is 63.3 Å². The van der Waals surface area contributed by atoms with E-state index >= 15 is 0 Å². The summed E-state index contributed by atoms with van der Waals surface area (Å²) in [6, 6.07) is 4.49. The number of hydrogen-bond acceptors (Lipinski definition) is 3. The van der Waals surface area contributed by atoms with Gasteiger partial charge in [-0.05, 0) is 12.5 Å². The molecule has 0 unspecified atom stereocenters. The molecule has 1 heterocycles. The molecule has 0 fully saturated rings. The van der Waals surface area contributed by atoms with Crippen LogP contribution in [0.25, 0.3) is 0 Å². The van der Waals surface area contributed by atoms with E-state index in [0.29, 0.717) is 11.2 Å². The molecule has 0 aliphatic carbocycles. The van der Waals surface area contributed by atoms with Gasteiger partial charge < -0.3 is 5.21 Å². The molecule has 1 rings (SSSR count). The SMILES string of the molecule is CCCCCCCCCCCCS(=O)(=O)c1cccc[n+]1[O-]. The van der Waals surface area contributed by atoms with Crippen molar-refractivity contribution in [3.05, 3.63) is 29.6 Å². The largest absolute Gasteiger partial charge is 0.618 e. The van der Waals surface area contributed by atoms with Crippen molar-refractivity contribution in [1.82, 2.24) is 0 Å². The fraction of sp³-hybridized carbons (Fsp3) is 0.706. The molecular weight excluding hydrogens is 298 g/mol. The van der Waals surface area contributed by atoms with E-state index in [0.717, 1.165) is 12.8 Å². The van der Waals surface area contributed by atoms with Gasteiger partial charge in [-0.25, -0.2) is 8.42 Å². The van der Waals surface area contributed by atoms with E-state index in [9.17, 15) is 13.6 Å². The molecule has 126 valence electrons. The highest BCUT2D eigenvalue weighted by atomic mass is 32.2. The molecule has 4 nitrogen and oxygen atoms in total. The van der Waals surface area contributed by atoms with Gasteiger partial charge in [0, 0.05) is 12.1 Å². The van der Waals surface area contributed by atoms with Gasteiger partial charge in [-0.1, -0.05) is 64.7 Å². The Labute approximate surface area is 135 Å². The summed E-state index contributed by atoms with van der Waals surface area (Å²) in [5, 5.41) is 11.4. The number of hydrogen-bond donors (Lipinski definition) is 0. The molecule has 0 atom stereocenters. The van der Waals surface area contributed by atoms with Gasteiger partial charge in [0.15, 0.2) is 6.20 Å². The summed E-state index contributed by atoms with van der Waals surface area (Å²) in [5.74, 6) is 0.0652. The van der Waals surface area contributed by atoms with Gasteiger partial charge in [-0.15, -0.1) is 0 Å². The number of aromatic nitrogens is 1. The highest BCUT2D eigenvalue weighted by molar-refractivity contribution is 7.91. The van der Waals surface area contributed by atoms with Gasteiger partial charge in [-0.2, -0.15) is 4.73 Å². The van der Waals surface area contributed by atoms with E-state index in [1.807, 2.05) is 0 Å². The molecule has 0 spiro atoms. The van der Waals surface area contributed by atoms with Crippen molar-refractivity contribution in [2.24, 2.45) is 0 Å². The second kappa shape index (κ2) is 10.6. The van der Waals surface area contributed by atoms with Crippen molar-refractivity contribution < 1.29 is 13.1 Å². The van der Waals surface area contributed by atoms with Crippen molar-refractivity contribution in [3.63, 3.8) is 0 Å². The molecule has 0 bridgehead atoms. The standard InChI is InChI=1S/C17H29NO3S/c1-2-3-4-5-6-7-8-9-10-13-16-22(20,21)17-14-11-12-15-18(17)19/h11-12,14-15H,2-10,13,16H2,1H3. The van der Waals surface area contributed by atoms with Crippen LogP contribution in [0.15, 0.2) is 29.4 Å². The Kier molecular flexibility index (Phi) is 9.13. The molecule has 5 heteroatoms. The van der Waals surface area contributed by atoms with Crippen LogP contribution in [0, 0.1) is 5.21 Å². The quantitative estimate of drug-likeness (QED) is 0.331. The monoisotopic (exact) mass is 327 g/mol. The molecule has 0 N–H and O–H groups in total. The summed E-state index contributed by atoms with van der Waals surface area (Å²) in [6.45, 7) is 2.22. The maximum Gasteiger partial charge on any atom is 0.308 e. The minimum atomic E-state index is -3.45. The van der Waals surface area contributed by atoms with Crippen molar-refractivity contribution in [3.8, 4) is 0 Å². The normalized spacial score (nSPS) is 11.7. The van der Waals surface area contributed by atoms with Gasteiger partial charge in [0.25, 0.3) is 0 Å². The topological polar surface area (TPSA) is 61.1 Å². The fourth-order valence-electron chi connectivity index (χ4n) is 2.54. The van der Waals surface area contributed by atoms with E-state index in [-0.39, 0.29) is 10.8 Å². The summed E-state index contributed by atoms with van der Waals surface area (Å²) >= 11 is 0. The molecule has 1 aromatic heterocycles. The number of sulfone groups is 1. The lowest BCUT2D eigenvalue weighted by Gasteiger charge is -2.05. The lowest BCUT2D eigenvalue weighted by Crippen LogP contribution is -2.34. The van der Waals surface area contributed by atoms with E-state index in [1.54, 1.807) is 6.07 Å². The highest BCUT2D eigenvalue weighted by Crippen LogP contribution is 2.12. The molecular formula is C17H29NO3S. The summed E-state index contributed by atoms with van der Waals surface area (Å²) in [7, 11) is -3.45. The highest BCUT2D eigenvalue weighted by Gasteiger charge is 2.22. The van der Waals surface area contributed by atoms with Crippen molar-refractivity contribution in [2.45, 2.75) is 76.2 Å². The lowest BCUT2D eigenvalue weighted by molar-refractivity contribution is -0.646. The van der Waals surface area contributed by atoms with Crippen LogP contribution in [-0.2, 0) is 9.84 Å². The first-order chi connectivity index (χ1) is 10.6. The summed E-state index contributed by atoms with van der Waals surface area (Å²) in [5.41, 5.74) is 0. The van der Waals surface area contributed by atoms with Gasteiger partial charge in [0.05, 0.1) is 5.75 Å². The third kappa shape index (κ3) is 7.25. The van der Waals surface area contributed by atoms with E-state index < -0.39 is 9.84 Å². The zero-order chi connectivity index (χ0) is 16.3. The predicted molar refractivity (Wildman–Crippen MR) is 89.3 cm³/mol. The number of nitrogens with zero attached hydrogens (tertiary/aromatic N) is 1. The summed E-state index contributed by atoms with van der Waals surface area (Å²) in [4.78, 5) is 0. The molecule has 22 heavy (non-hydrogen) atoms. The van der Waals surface area contributed by atoms with E-state index in [4.69, 9.17) is 0 Å². The maximum absolute atomic E-state index is 12.1. The fourth-order valence-corrected chi connectivity index (χ4v) is 3.95. The van der Waals surface area contributed by atoms with Crippen LogP contribution in [-0.4, -0.2) is 14.2 Å². The Morgan fingerprint density at radius 1 is 0.909 bits per heavy atom. The van der Waals surface area contributed by atoms with Crippen LogP contribution in [0.5, 0.6) is 0 Å². The van der Waals surface area contributed by atoms with Gasteiger partial charge in [0.1, 0.15) is 0 Å². The minimum Gasteiger partial charge on any atom is -0.618 e. The number of rotatable bonds is 12. The average molecular weight is 327 g/mol. The lowest BCUT2D eigenvalue weighted by atomic mass is 10.1. The number of unbranched alkanes of at least 4 members (excludes halogenated alkanes) is 9. The predicted octanol–water partition coefficient (Wildman–Crippen LogP) is 4.01. The Bertz CT molecular complexity index is 514. The Balaban J connectivity index is 2.13. The first kappa shape index (κ1) is 18.9.